The van der Waals surface area contributed by atoms with E-state index in [4.69, 9.17) is 28.3 Å². The quantitative estimate of drug-likeness (QED) is 0.751. The number of aromatic carboxylic acids is 1. The number of hydrogen-bond acceptors (Lipinski definition) is 2. The van der Waals surface area contributed by atoms with Crippen molar-refractivity contribution in [1.82, 2.24) is 0 Å². The summed E-state index contributed by atoms with van der Waals surface area (Å²) in [5.74, 6) is -1.06. The molecule has 0 atom stereocenters. The van der Waals surface area contributed by atoms with E-state index in [1.165, 1.54) is 6.07 Å². The molecule has 0 aliphatic heterocycles. The summed E-state index contributed by atoms with van der Waals surface area (Å²) in [4.78, 5) is 10.7. The molecule has 0 spiro atoms. The molecular formula is C9H10Cl2O2S. The number of carboxylic acid groups (broad SMARTS) is 1. The van der Waals surface area contributed by atoms with Gasteiger partial charge in [0.15, 0.2) is 0 Å². The minimum atomic E-state index is -1.06. The first-order valence-corrected chi connectivity index (χ1v) is 5.31. The fraction of sp³-hybridized carbons (Fsp3) is 0.222. The second kappa shape index (κ2) is 6.17. The van der Waals surface area contributed by atoms with E-state index in [-0.39, 0.29) is 10.6 Å². The van der Waals surface area contributed by atoms with Crippen LogP contribution in [0.1, 0.15) is 15.9 Å². The van der Waals surface area contributed by atoms with Gasteiger partial charge >= 0.3 is 5.97 Å². The highest BCUT2D eigenvalue weighted by atomic mass is 35.5. The Balaban J connectivity index is 0.000000791. The maximum absolute atomic E-state index is 10.7. The lowest BCUT2D eigenvalue weighted by Gasteiger charge is -2.04. The van der Waals surface area contributed by atoms with Crippen LogP contribution >= 0.6 is 35.8 Å². The maximum Gasteiger partial charge on any atom is 0.337 e. The van der Waals surface area contributed by atoms with Crippen LogP contribution in [0.25, 0.3) is 0 Å². The van der Waals surface area contributed by atoms with Crippen molar-refractivity contribution < 1.29 is 9.90 Å². The van der Waals surface area contributed by atoms with Crippen molar-refractivity contribution in [2.45, 2.75) is 6.92 Å². The summed E-state index contributed by atoms with van der Waals surface area (Å²) in [6.45, 7) is 1.62. The molecule has 0 saturated heterocycles. The normalized spacial score (nSPS) is 8.93. The molecule has 1 N–H and O–H groups in total. The fourth-order valence-corrected chi connectivity index (χ4v) is 1.36. The summed E-state index contributed by atoms with van der Waals surface area (Å²) < 4.78 is 0. The zero-order chi connectivity index (χ0) is 11.3. The smallest absolute Gasteiger partial charge is 0.337 e. The van der Waals surface area contributed by atoms with E-state index in [0.29, 0.717) is 10.6 Å². The topological polar surface area (TPSA) is 37.3 Å². The number of carbonyl (C=O) groups is 1. The van der Waals surface area contributed by atoms with E-state index in [1.807, 2.05) is 0 Å². The Morgan fingerprint density at radius 1 is 1.29 bits per heavy atom. The van der Waals surface area contributed by atoms with E-state index < -0.39 is 5.97 Å². The number of thiol groups is 1. The third kappa shape index (κ3) is 3.08. The molecule has 2 nitrogen and oxygen atoms in total. The van der Waals surface area contributed by atoms with Crippen molar-refractivity contribution in [3.8, 4) is 0 Å². The van der Waals surface area contributed by atoms with Crippen LogP contribution in [0.3, 0.4) is 0 Å². The first kappa shape index (κ1) is 13.6. The molecule has 0 unspecified atom stereocenters. The number of benzene rings is 1. The molecule has 0 fully saturated rings. The molecule has 78 valence electrons. The SMILES string of the molecule is CS.Cc1c(Cl)ccc(Cl)c1C(=O)O. The zero-order valence-corrected chi connectivity index (χ0v) is 10.1. The van der Waals surface area contributed by atoms with Gasteiger partial charge in [-0.15, -0.1) is 0 Å². The van der Waals surface area contributed by atoms with E-state index in [0.717, 1.165) is 0 Å². The minimum absolute atomic E-state index is 0.0733. The van der Waals surface area contributed by atoms with Crippen LogP contribution in [0.5, 0.6) is 0 Å². The predicted octanol–water partition coefficient (Wildman–Crippen LogP) is 3.55. The summed E-state index contributed by atoms with van der Waals surface area (Å²) in [5.41, 5.74) is 0.570. The average Bonchev–Trinajstić information content (AvgIpc) is 2.15. The van der Waals surface area contributed by atoms with Crippen LogP contribution in [0.15, 0.2) is 12.1 Å². The molecule has 14 heavy (non-hydrogen) atoms. The summed E-state index contributed by atoms with van der Waals surface area (Å²) >= 11 is 14.9. The van der Waals surface area contributed by atoms with Gasteiger partial charge in [-0.2, -0.15) is 12.6 Å². The minimum Gasteiger partial charge on any atom is -0.478 e. The molecule has 1 aromatic carbocycles. The van der Waals surface area contributed by atoms with Crippen LogP contribution in [-0.4, -0.2) is 17.3 Å². The molecule has 0 bridgehead atoms. The molecule has 0 aliphatic rings. The van der Waals surface area contributed by atoms with Crippen molar-refractivity contribution in [1.29, 1.82) is 0 Å². The first-order valence-electron chi connectivity index (χ1n) is 3.66. The molecule has 0 saturated carbocycles. The van der Waals surface area contributed by atoms with Gasteiger partial charge in [0.1, 0.15) is 0 Å². The lowest BCUT2D eigenvalue weighted by Crippen LogP contribution is -2.00. The molecule has 0 aromatic heterocycles. The molecular weight excluding hydrogens is 243 g/mol. The number of rotatable bonds is 1. The van der Waals surface area contributed by atoms with Crippen molar-refractivity contribution in [2.75, 3.05) is 6.26 Å². The lowest BCUT2D eigenvalue weighted by atomic mass is 10.1. The summed E-state index contributed by atoms with van der Waals surface area (Å²) in [6.07, 6.45) is 1.69. The largest absolute Gasteiger partial charge is 0.478 e. The predicted molar refractivity (Wildman–Crippen MR) is 63.1 cm³/mol. The van der Waals surface area contributed by atoms with Gasteiger partial charge in [0.25, 0.3) is 0 Å². The lowest BCUT2D eigenvalue weighted by molar-refractivity contribution is 0.0696. The second-order valence-electron chi connectivity index (χ2n) is 2.33. The molecule has 0 aliphatic carbocycles. The van der Waals surface area contributed by atoms with Gasteiger partial charge in [-0.1, -0.05) is 23.2 Å². The van der Waals surface area contributed by atoms with Crippen LogP contribution in [-0.2, 0) is 0 Å². The molecule has 0 heterocycles. The molecule has 1 aromatic rings. The summed E-state index contributed by atoms with van der Waals surface area (Å²) in [5, 5.41) is 9.35. The second-order valence-corrected chi connectivity index (χ2v) is 3.15. The standard InChI is InChI=1S/C8H6Cl2O2.CH4S/c1-4-5(9)2-3-6(10)7(4)8(11)12;1-2/h2-3H,1H3,(H,11,12);2H,1H3. The van der Waals surface area contributed by atoms with Gasteiger partial charge in [-0.3, -0.25) is 0 Å². The van der Waals surface area contributed by atoms with Gasteiger partial charge in [-0.25, -0.2) is 4.79 Å². The van der Waals surface area contributed by atoms with E-state index in [9.17, 15) is 4.79 Å². The third-order valence-corrected chi connectivity index (χ3v) is 2.29. The Kier molecular flexibility index (Phi) is 6.00. The Hall–Kier alpha value is -0.380. The summed E-state index contributed by atoms with van der Waals surface area (Å²) in [6, 6.07) is 3.05. The van der Waals surface area contributed by atoms with Crippen LogP contribution < -0.4 is 0 Å². The number of halogens is 2. The molecule has 0 amide bonds. The van der Waals surface area contributed by atoms with Crippen LogP contribution in [0.4, 0.5) is 0 Å². The van der Waals surface area contributed by atoms with Crippen LogP contribution in [0, 0.1) is 6.92 Å². The van der Waals surface area contributed by atoms with Crippen LogP contribution in [0.2, 0.25) is 10.0 Å². The number of hydrogen-bond donors (Lipinski definition) is 2. The van der Waals surface area contributed by atoms with Gasteiger partial charge in [-0.05, 0) is 30.9 Å². The van der Waals surface area contributed by atoms with Gasteiger partial charge in [0, 0.05) is 5.02 Å². The Bertz CT molecular complexity index is 340. The average molecular weight is 253 g/mol. The Labute approximate surface area is 98.2 Å². The molecule has 1 rings (SSSR count). The van der Waals surface area contributed by atoms with Crippen molar-refractivity contribution >= 4 is 41.8 Å². The van der Waals surface area contributed by atoms with Crippen molar-refractivity contribution in [2.24, 2.45) is 0 Å². The van der Waals surface area contributed by atoms with Crippen molar-refractivity contribution in [3.05, 3.63) is 33.3 Å². The van der Waals surface area contributed by atoms with Gasteiger partial charge < -0.3 is 5.11 Å². The van der Waals surface area contributed by atoms with E-state index >= 15 is 0 Å². The highest BCUT2D eigenvalue weighted by molar-refractivity contribution is 7.79. The van der Waals surface area contributed by atoms with Crippen molar-refractivity contribution in [3.63, 3.8) is 0 Å². The monoisotopic (exact) mass is 252 g/mol. The summed E-state index contributed by atoms with van der Waals surface area (Å²) in [7, 11) is 0. The highest BCUT2D eigenvalue weighted by Gasteiger charge is 2.13. The Morgan fingerprint density at radius 3 is 2.07 bits per heavy atom. The zero-order valence-electron chi connectivity index (χ0n) is 7.71. The number of carboxylic acids is 1. The Morgan fingerprint density at radius 2 is 1.71 bits per heavy atom. The highest BCUT2D eigenvalue weighted by Crippen LogP contribution is 2.25. The third-order valence-electron chi connectivity index (χ3n) is 1.56. The first-order chi connectivity index (χ1) is 6.54. The van der Waals surface area contributed by atoms with Gasteiger partial charge in [0.05, 0.1) is 10.6 Å². The van der Waals surface area contributed by atoms with E-state index in [1.54, 1.807) is 19.2 Å². The molecule has 5 heteroatoms. The maximum atomic E-state index is 10.7. The van der Waals surface area contributed by atoms with E-state index in [2.05, 4.69) is 12.6 Å². The van der Waals surface area contributed by atoms with Gasteiger partial charge in [0.2, 0.25) is 0 Å². The molecule has 0 radical (unpaired) electrons. The fourth-order valence-electron chi connectivity index (χ4n) is 0.916.